The molecule has 0 spiro atoms. The summed E-state index contributed by atoms with van der Waals surface area (Å²) in [5.41, 5.74) is -0.659. The van der Waals surface area contributed by atoms with E-state index in [4.69, 9.17) is 9.47 Å². The summed E-state index contributed by atoms with van der Waals surface area (Å²) in [6, 6.07) is -1.04. The van der Waals surface area contributed by atoms with Crippen molar-refractivity contribution in [1.82, 2.24) is 10.6 Å². The zero-order valence-electron chi connectivity index (χ0n) is 14.9. The van der Waals surface area contributed by atoms with E-state index in [-0.39, 0.29) is 0 Å². The fraction of sp³-hybridized carbons (Fsp3) is 0.824. The van der Waals surface area contributed by atoms with Gasteiger partial charge in [-0.2, -0.15) is 0 Å². The van der Waals surface area contributed by atoms with Gasteiger partial charge in [0, 0.05) is 6.04 Å². The summed E-state index contributed by atoms with van der Waals surface area (Å²) in [7, 11) is 0. The van der Waals surface area contributed by atoms with Crippen molar-refractivity contribution in [3.8, 4) is 0 Å². The van der Waals surface area contributed by atoms with E-state index < -0.39 is 35.7 Å². The van der Waals surface area contributed by atoms with Gasteiger partial charge in [-0.1, -0.05) is 12.8 Å². The van der Waals surface area contributed by atoms with Crippen LogP contribution in [0.2, 0.25) is 0 Å². The normalized spacial score (nSPS) is 27.8. The highest BCUT2D eigenvalue weighted by atomic mass is 16.6. The predicted molar refractivity (Wildman–Crippen MR) is 87.2 cm³/mol. The Morgan fingerprint density at radius 3 is 2.46 bits per heavy atom. The third kappa shape index (κ3) is 5.19. The van der Waals surface area contributed by atoms with Crippen LogP contribution in [-0.2, 0) is 19.1 Å². The molecule has 1 aliphatic carbocycles. The zero-order valence-corrected chi connectivity index (χ0v) is 14.9. The van der Waals surface area contributed by atoms with E-state index in [1.807, 2.05) is 0 Å². The van der Waals surface area contributed by atoms with Crippen molar-refractivity contribution in [2.45, 2.75) is 83.5 Å². The quantitative estimate of drug-likeness (QED) is 0.602. The number of ether oxygens (including phenoxy) is 2. The average molecular weight is 340 g/mol. The maximum Gasteiger partial charge on any atom is 0.408 e. The van der Waals surface area contributed by atoms with Crippen LogP contribution >= 0.6 is 0 Å². The van der Waals surface area contributed by atoms with E-state index in [0.717, 1.165) is 12.8 Å². The Balaban J connectivity index is 1.79. The number of hydrogen-bond donors (Lipinski definition) is 2. The molecule has 2 N–H and O–H groups in total. The third-order valence-corrected chi connectivity index (χ3v) is 4.44. The number of rotatable bonds is 3. The zero-order chi connectivity index (χ0) is 17.9. The summed E-state index contributed by atoms with van der Waals surface area (Å²) in [4.78, 5) is 35.8. The minimum atomic E-state index is -0.951. The Kier molecular flexibility index (Phi) is 5.85. The van der Waals surface area contributed by atoms with Gasteiger partial charge >= 0.3 is 18.0 Å². The summed E-state index contributed by atoms with van der Waals surface area (Å²) >= 11 is 0. The lowest BCUT2D eigenvalue weighted by atomic mass is 9.85. The lowest BCUT2D eigenvalue weighted by molar-refractivity contribution is -0.162. The van der Waals surface area contributed by atoms with Gasteiger partial charge in [-0.3, -0.25) is 0 Å². The van der Waals surface area contributed by atoms with Crippen molar-refractivity contribution in [1.29, 1.82) is 0 Å². The van der Waals surface area contributed by atoms with E-state index in [1.54, 1.807) is 20.8 Å². The summed E-state index contributed by atoms with van der Waals surface area (Å²) < 4.78 is 9.99. The van der Waals surface area contributed by atoms with E-state index >= 15 is 0 Å². The van der Waals surface area contributed by atoms with Gasteiger partial charge in [0.1, 0.15) is 17.7 Å². The molecule has 24 heavy (non-hydrogen) atoms. The summed E-state index contributed by atoms with van der Waals surface area (Å²) in [5.74, 6) is -0.849. The third-order valence-electron chi connectivity index (χ3n) is 4.44. The Bertz CT molecular complexity index is 486. The molecular weight excluding hydrogens is 312 g/mol. The molecule has 2 rings (SSSR count). The molecule has 0 aromatic carbocycles. The number of carbonyl (C=O) groups excluding carboxylic acids is 3. The Morgan fingerprint density at radius 1 is 1.17 bits per heavy atom. The van der Waals surface area contributed by atoms with Crippen LogP contribution in [0.1, 0.15) is 59.8 Å². The Labute approximate surface area is 142 Å². The number of fused-ring (bicyclic) bond motifs is 1. The van der Waals surface area contributed by atoms with E-state index in [0.29, 0.717) is 18.4 Å². The van der Waals surface area contributed by atoms with Crippen LogP contribution in [0.4, 0.5) is 4.79 Å². The molecule has 7 nitrogen and oxygen atoms in total. The first-order valence-corrected chi connectivity index (χ1v) is 8.67. The van der Waals surface area contributed by atoms with Crippen molar-refractivity contribution in [3.05, 3.63) is 0 Å². The fourth-order valence-electron chi connectivity index (χ4n) is 3.30. The fourth-order valence-corrected chi connectivity index (χ4v) is 3.30. The van der Waals surface area contributed by atoms with Crippen LogP contribution in [0.15, 0.2) is 0 Å². The number of nitrogens with one attached hydrogen (secondary N) is 2. The largest absolute Gasteiger partial charge is 0.444 e. The van der Waals surface area contributed by atoms with Crippen LogP contribution in [0.25, 0.3) is 0 Å². The number of hydrogen-bond acceptors (Lipinski definition) is 6. The highest BCUT2D eigenvalue weighted by Crippen LogP contribution is 2.33. The second kappa shape index (κ2) is 7.51. The standard InChI is InChI=1S/C17H28N2O5/c1-10(18-16(22)24-17(2,3)4)14(20)23-15(21)13-9-11-7-5-6-8-12(11)19-13/h10-13,19H,5-9H2,1-4H3,(H,18,22)/t10-,11?,12?,13?/m0/s1. The predicted octanol–water partition coefficient (Wildman–Crippen LogP) is 1.89. The van der Waals surface area contributed by atoms with E-state index in [2.05, 4.69) is 10.6 Å². The topological polar surface area (TPSA) is 93.7 Å². The van der Waals surface area contributed by atoms with Gasteiger partial charge in [0.05, 0.1) is 0 Å². The Hall–Kier alpha value is -1.63. The molecule has 0 bridgehead atoms. The van der Waals surface area contributed by atoms with Crippen LogP contribution in [0.5, 0.6) is 0 Å². The lowest BCUT2D eigenvalue weighted by Gasteiger charge is -2.24. The molecule has 1 amide bonds. The van der Waals surface area contributed by atoms with Crippen LogP contribution < -0.4 is 10.6 Å². The molecule has 136 valence electrons. The number of alkyl carbamates (subject to hydrolysis) is 1. The highest BCUT2D eigenvalue weighted by molar-refractivity contribution is 5.92. The minimum absolute atomic E-state index is 0.351. The Morgan fingerprint density at radius 2 is 1.83 bits per heavy atom. The van der Waals surface area contributed by atoms with Crippen molar-refractivity contribution in [2.75, 3.05) is 0 Å². The molecule has 0 radical (unpaired) electrons. The molecule has 2 fully saturated rings. The van der Waals surface area contributed by atoms with Crippen LogP contribution in [-0.4, -0.2) is 41.8 Å². The molecule has 2 aliphatic rings. The highest BCUT2D eigenvalue weighted by Gasteiger charge is 2.40. The van der Waals surface area contributed by atoms with Crippen molar-refractivity contribution < 1.29 is 23.9 Å². The van der Waals surface area contributed by atoms with E-state index in [9.17, 15) is 14.4 Å². The minimum Gasteiger partial charge on any atom is -0.444 e. The molecule has 1 heterocycles. The van der Waals surface area contributed by atoms with Gasteiger partial charge in [-0.05, 0) is 52.9 Å². The number of carbonyl (C=O) groups is 3. The first kappa shape index (κ1) is 18.7. The smallest absolute Gasteiger partial charge is 0.408 e. The first-order chi connectivity index (χ1) is 11.2. The van der Waals surface area contributed by atoms with Crippen molar-refractivity contribution >= 4 is 18.0 Å². The molecule has 1 saturated carbocycles. The van der Waals surface area contributed by atoms with Crippen LogP contribution in [0.3, 0.4) is 0 Å². The van der Waals surface area contributed by atoms with Gasteiger partial charge in [0.2, 0.25) is 0 Å². The molecular formula is C17H28N2O5. The maximum atomic E-state index is 12.2. The summed E-state index contributed by atoms with van der Waals surface area (Å²) in [6.07, 6.45) is 4.55. The first-order valence-electron chi connectivity index (χ1n) is 8.67. The number of amides is 1. The molecule has 0 aromatic rings. The SMILES string of the molecule is C[C@H](NC(=O)OC(C)(C)C)C(=O)OC(=O)C1CC2CCCCC2N1. The molecule has 3 unspecified atom stereocenters. The molecule has 4 atom stereocenters. The second-order valence-corrected chi connectivity index (χ2v) is 7.71. The molecule has 1 saturated heterocycles. The van der Waals surface area contributed by atoms with Gasteiger partial charge in [-0.15, -0.1) is 0 Å². The summed E-state index contributed by atoms with van der Waals surface area (Å²) in [5, 5.41) is 5.64. The van der Waals surface area contributed by atoms with E-state index in [1.165, 1.54) is 19.8 Å². The maximum absolute atomic E-state index is 12.2. The van der Waals surface area contributed by atoms with Gasteiger partial charge in [0.15, 0.2) is 0 Å². The second-order valence-electron chi connectivity index (χ2n) is 7.71. The van der Waals surface area contributed by atoms with Crippen molar-refractivity contribution in [2.24, 2.45) is 5.92 Å². The van der Waals surface area contributed by atoms with Gasteiger partial charge in [-0.25, -0.2) is 14.4 Å². The molecule has 1 aliphatic heterocycles. The monoisotopic (exact) mass is 340 g/mol. The van der Waals surface area contributed by atoms with Gasteiger partial charge < -0.3 is 20.1 Å². The average Bonchev–Trinajstić information content (AvgIpc) is 2.88. The molecule has 7 heteroatoms. The van der Waals surface area contributed by atoms with Crippen LogP contribution in [0, 0.1) is 5.92 Å². The van der Waals surface area contributed by atoms with Gasteiger partial charge in [0.25, 0.3) is 0 Å². The summed E-state index contributed by atoms with van der Waals surface area (Å²) in [6.45, 7) is 6.64. The molecule has 0 aromatic heterocycles. The lowest BCUT2D eigenvalue weighted by Crippen LogP contribution is -2.45. The number of esters is 2. The van der Waals surface area contributed by atoms with Crippen molar-refractivity contribution in [3.63, 3.8) is 0 Å².